The molecule has 0 unspecified atom stereocenters. The van der Waals surface area contributed by atoms with E-state index < -0.39 is 15.6 Å². The van der Waals surface area contributed by atoms with Gasteiger partial charge in [-0.25, -0.2) is 8.42 Å². The van der Waals surface area contributed by atoms with Crippen LogP contribution in [-0.4, -0.2) is 32.8 Å². The maximum absolute atomic E-state index is 12.7. The van der Waals surface area contributed by atoms with Gasteiger partial charge >= 0.3 is 5.76 Å². The minimum atomic E-state index is -4.60. The Morgan fingerprint density at radius 3 is 2.45 bits per heavy atom. The van der Waals surface area contributed by atoms with E-state index in [2.05, 4.69) is 10.6 Å². The fraction of sp³-hybridized carbons (Fsp3) is 0.538. The lowest BCUT2D eigenvalue weighted by molar-refractivity contribution is 0.234. The Hall–Kier alpha value is -1.21. The van der Waals surface area contributed by atoms with Gasteiger partial charge in [0, 0.05) is 5.54 Å². The normalized spacial score (nSPS) is 19.0. The lowest BCUT2D eigenvalue weighted by atomic mass is 9.90. The summed E-state index contributed by atoms with van der Waals surface area (Å²) in [7, 11) is -4.60. The van der Waals surface area contributed by atoms with Crippen LogP contribution in [0.1, 0.15) is 19.8 Å². The summed E-state index contributed by atoms with van der Waals surface area (Å²) in [4.78, 5) is -0.338. The van der Waals surface area contributed by atoms with Crippen LogP contribution in [0, 0.1) is 0 Å². The van der Waals surface area contributed by atoms with Gasteiger partial charge in [-0.1, -0.05) is 12.1 Å². The van der Waals surface area contributed by atoms with Crippen LogP contribution in [0.3, 0.4) is 0 Å². The quantitative estimate of drug-likeness (QED) is 0.895. The molecule has 2 N–H and O–H groups in total. The average molecular weight is 304 g/mol. The first-order valence-electron chi connectivity index (χ1n) is 6.45. The van der Waals surface area contributed by atoms with Gasteiger partial charge in [-0.05, 0) is 45.0 Å². The van der Waals surface area contributed by atoms with E-state index in [1.165, 1.54) is 18.2 Å². The van der Waals surface area contributed by atoms with Crippen LogP contribution in [-0.2, 0) is 9.84 Å². The van der Waals surface area contributed by atoms with Crippen LogP contribution in [0.15, 0.2) is 29.2 Å². The number of halogens is 2. The van der Waals surface area contributed by atoms with Crippen molar-refractivity contribution in [1.29, 1.82) is 0 Å². The third-order valence-electron chi connectivity index (χ3n) is 3.57. The van der Waals surface area contributed by atoms with E-state index in [-0.39, 0.29) is 16.1 Å². The van der Waals surface area contributed by atoms with Gasteiger partial charge in [0.05, 0.1) is 10.6 Å². The standard InChI is InChI=1S/C13H18F2N2O2S/c1-13(6-8-16-9-7-13)17-10-4-2-3-5-11(10)20(18,19)12(14)15/h2-5,12,16-17H,6-9H2,1H3. The number of piperidine rings is 1. The summed E-state index contributed by atoms with van der Waals surface area (Å²) in [5.41, 5.74) is -0.0453. The average Bonchev–Trinajstić information content (AvgIpc) is 2.39. The Labute approximate surface area is 117 Å². The Morgan fingerprint density at radius 1 is 1.25 bits per heavy atom. The first-order chi connectivity index (χ1) is 9.35. The lowest BCUT2D eigenvalue weighted by Crippen LogP contribution is -2.45. The number of benzene rings is 1. The molecule has 0 bridgehead atoms. The summed E-state index contributed by atoms with van der Waals surface area (Å²) in [5.74, 6) is -3.41. The van der Waals surface area contributed by atoms with Crippen molar-refractivity contribution in [3.8, 4) is 0 Å². The molecule has 0 spiro atoms. The van der Waals surface area contributed by atoms with Crippen molar-refractivity contribution >= 4 is 15.5 Å². The highest BCUT2D eigenvalue weighted by Crippen LogP contribution is 2.30. The minimum absolute atomic E-state index is 0.247. The van der Waals surface area contributed by atoms with E-state index in [0.29, 0.717) is 0 Å². The second-order valence-corrected chi connectivity index (χ2v) is 7.12. The fourth-order valence-corrected chi connectivity index (χ4v) is 3.23. The van der Waals surface area contributed by atoms with Crippen LogP contribution < -0.4 is 10.6 Å². The minimum Gasteiger partial charge on any atom is -0.379 e. The van der Waals surface area contributed by atoms with Gasteiger partial charge in [0.25, 0.3) is 0 Å². The third kappa shape index (κ3) is 3.09. The molecular weight excluding hydrogens is 286 g/mol. The number of alkyl halides is 2. The molecule has 20 heavy (non-hydrogen) atoms. The molecule has 1 aliphatic rings. The van der Waals surface area contributed by atoms with E-state index in [4.69, 9.17) is 0 Å². The van der Waals surface area contributed by atoms with Crippen molar-refractivity contribution in [1.82, 2.24) is 5.32 Å². The van der Waals surface area contributed by atoms with E-state index in [1.807, 2.05) is 6.92 Å². The summed E-state index contributed by atoms with van der Waals surface area (Å²) in [6.45, 7) is 3.60. The summed E-state index contributed by atoms with van der Waals surface area (Å²) < 4.78 is 48.8. The molecule has 1 aromatic rings. The molecule has 1 fully saturated rings. The summed E-state index contributed by atoms with van der Waals surface area (Å²) in [5, 5.41) is 6.34. The Morgan fingerprint density at radius 2 is 1.85 bits per heavy atom. The van der Waals surface area contributed by atoms with E-state index in [0.717, 1.165) is 25.9 Å². The topological polar surface area (TPSA) is 58.2 Å². The van der Waals surface area contributed by atoms with Gasteiger partial charge in [-0.3, -0.25) is 0 Å². The van der Waals surface area contributed by atoms with Crippen molar-refractivity contribution < 1.29 is 17.2 Å². The smallest absolute Gasteiger partial charge is 0.341 e. The molecule has 1 aromatic carbocycles. The van der Waals surface area contributed by atoms with Crippen molar-refractivity contribution in [3.05, 3.63) is 24.3 Å². The van der Waals surface area contributed by atoms with E-state index in [9.17, 15) is 17.2 Å². The lowest BCUT2D eigenvalue weighted by Gasteiger charge is -2.36. The molecule has 0 radical (unpaired) electrons. The molecule has 0 saturated carbocycles. The molecule has 1 saturated heterocycles. The summed E-state index contributed by atoms with van der Waals surface area (Å²) in [6, 6.07) is 5.83. The number of para-hydroxylation sites is 1. The second-order valence-electron chi connectivity index (χ2n) is 5.24. The van der Waals surface area contributed by atoms with Crippen molar-refractivity contribution in [2.75, 3.05) is 18.4 Å². The Bertz CT molecular complexity index is 569. The van der Waals surface area contributed by atoms with Crippen molar-refractivity contribution in [2.24, 2.45) is 0 Å². The van der Waals surface area contributed by atoms with Gasteiger partial charge in [0.1, 0.15) is 0 Å². The maximum atomic E-state index is 12.7. The highest BCUT2D eigenvalue weighted by atomic mass is 32.2. The molecule has 7 heteroatoms. The zero-order valence-electron chi connectivity index (χ0n) is 11.2. The number of nitrogens with one attached hydrogen (secondary N) is 2. The van der Waals surface area contributed by atoms with Gasteiger partial charge in [0.2, 0.25) is 9.84 Å². The largest absolute Gasteiger partial charge is 0.379 e. The molecule has 0 aliphatic carbocycles. The second kappa shape index (κ2) is 5.65. The number of sulfone groups is 1. The highest BCUT2D eigenvalue weighted by molar-refractivity contribution is 7.91. The number of anilines is 1. The number of hydrogen-bond acceptors (Lipinski definition) is 4. The molecular formula is C13H18F2N2O2S. The summed E-state index contributed by atoms with van der Waals surface area (Å²) >= 11 is 0. The third-order valence-corrected chi connectivity index (χ3v) is 5.01. The number of rotatable bonds is 4. The molecule has 0 aromatic heterocycles. The SMILES string of the molecule is CC1(Nc2ccccc2S(=O)(=O)C(F)F)CCNCC1. The molecule has 0 atom stereocenters. The molecule has 0 amide bonds. The van der Waals surface area contributed by atoms with Crippen LogP contribution in [0.4, 0.5) is 14.5 Å². The van der Waals surface area contributed by atoms with Gasteiger partial charge in [-0.2, -0.15) is 8.78 Å². The molecule has 4 nitrogen and oxygen atoms in total. The van der Waals surface area contributed by atoms with Crippen molar-refractivity contribution in [3.63, 3.8) is 0 Å². The predicted molar refractivity (Wildman–Crippen MR) is 73.8 cm³/mol. The van der Waals surface area contributed by atoms with E-state index >= 15 is 0 Å². The van der Waals surface area contributed by atoms with Gasteiger partial charge in [0.15, 0.2) is 0 Å². The van der Waals surface area contributed by atoms with Crippen LogP contribution in [0.25, 0.3) is 0 Å². The maximum Gasteiger partial charge on any atom is 0.341 e. The molecule has 2 rings (SSSR count). The van der Waals surface area contributed by atoms with Crippen LogP contribution in [0.2, 0.25) is 0 Å². The fourth-order valence-electron chi connectivity index (χ4n) is 2.34. The zero-order chi connectivity index (χ0) is 14.8. The Kier molecular flexibility index (Phi) is 4.29. The van der Waals surface area contributed by atoms with E-state index in [1.54, 1.807) is 6.07 Å². The van der Waals surface area contributed by atoms with Crippen LogP contribution >= 0.6 is 0 Å². The first-order valence-corrected chi connectivity index (χ1v) is 8.00. The van der Waals surface area contributed by atoms with Gasteiger partial charge < -0.3 is 10.6 Å². The van der Waals surface area contributed by atoms with Gasteiger partial charge in [-0.15, -0.1) is 0 Å². The Balaban J connectivity index is 2.34. The number of hydrogen-bond donors (Lipinski definition) is 2. The zero-order valence-corrected chi connectivity index (χ0v) is 12.0. The molecule has 112 valence electrons. The predicted octanol–water partition coefficient (Wildman–Crippen LogP) is 2.24. The van der Waals surface area contributed by atoms with Crippen molar-refractivity contribution in [2.45, 2.75) is 36.0 Å². The molecule has 1 heterocycles. The summed E-state index contributed by atoms with van der Waals surface area (Å²) in [6.07, 6.45) is 1.60. The highest BCUT2D eigenvalue weighted by Gasteiger charge is 2.32. The first kappa shape index (κ1) is 15.2. The van der Waals surface area contributed by atoms with Crippen LogP contribution in [0.5, 0.6) is 0 Å². The molecule has 1 aliphatic heterocycles. The monoisotopic (exact) mass is 304 g/mol.